The van der Waals surface area contributed by atoms with Gasteiger partial charge in [-0.05, 0) is 37.3 Å². The van der Waals surface area contributed by atoms with Gasteiger partial charge in [0.1, 0.15) is 18.3 Å². The van der Waals surface area contributed by atoms with E-state index < -0.39 is 0 Å². The molecule has 5 aromatic rings. The maximum Gasteiger partial charge on any atom is 0.261 e. The van der Waals surface area contributed by atoms with Crippen LogP contribution in [0.5, 0.6) is 0 Å². The van der Waals surface area contributed by atoms with Crippen LogP contribution < -0.4 is 9.88 Å². The van der Waals surface area contributed by atoms with E-state index >= 15 is 0 Å². The molecule has 3 heteroatoms. The predicted octanol–water partition coefficient (Wildman–Crippen LogP) is 5.62. The van der Waals surface area contributed by atoms with Gasteiger partial charge in [0.15, 0.2) is 0 Å². The minimum atomic E-state index is 0.882. The lowest BCUT2D eigenvalue weighted by Crippen LogP contribution is -2.30. The zero-order valence-corrected chi connectivity index (χ0v) is 14.8. The van der Waals surface area contributed by atoms with Crippen molar-refractivity contribution in [3.63, 3.8) is 0 Å². The van der Waals surface area contributed by atoms with Crippen LogP contribution in [-0.4, -0.2) is 0 Å². The van der Waals surface area contributed by atoms with Gasteiger partial charge in [-0.1, -0.05) is 42.0 Å². The van der Waals surface area contributed by atoms with E-state index in [9.17, 15) is 0 Å². The van der Waals surface area contributed by atoms with E-state index in [0.717, 1.165) is 38.8 Å². The van der Waals surface area contributed by atoms with E-state index in [1.807, 2.05) is 12.1 Å². The van der Waals surface area contributed by atoms with Crippen molar-refractivity contribution >= 4 is 44.3 Å². The van der Waals surface area contributed by atoms with Crippen LogP contribution in [0.15, 0.2) is 77.2 Å². The number of hydrogen-bond donors (Lipinski definition) is 1. The second-order valence-corrected chi connectivity index (χ2v) is 6.72. The molecule has 26 heavy (non-hydrogen) atoms. The summed E-state index contributed by atoms with van der Waals surface area (Å²) < 4.78 is 8.50. The maximum absolute atomic E-state index is 6.29. The van der Waals surface area contributed by atoms with Crippen molar-refractivity contribution < 1.29 is 8.98 Å². The number of fused-ring (bicyclic) bond motifs is 4. The summed E-state index contributed by atoms with van der Waals surface area (Å²) in [6, 6.07) is 25.1. The molecular weight excluding hydrogens is 320 g/mol. The average Bonchev–Trinajstić information content (AvgIpc) is 3.06. The summed E-state index contributed by atoms with van der Waals surface area (Å²) in [6.45, 7) is 2.10. The number of nitrogens with one attached hydrogen (secondary N) is 1. The Labute approximate surface area is 151 Å². The molecule has 5 rings (SSSR count). The second kappa shape index (κ2) is 5.60. The van der Waals surface area contributed by atoms with Crippen LogP contribution >= 0.6 is 0 Å². The SMILES string of the molecule is Cc1ccc(Nc2c3ccccc3[n+](C)c3c2oc2ccccc23)cc1. The van der Waals surface area contributed by atoms with Crippen LogP contribution in [0.1, 0.15) is 5.56 Å². The van der Waals surface area contributed by atoms with Crippen LogP contribution in [0.25, 0.3) is 33.0 Å². The minimum Gasteiger partial charge on any atom is -0.447 e. The molecule has 0 aliphatic rings. The van der Waals surface area contributed by atoms with E-state index in [-0.39, 0.29) is 0 Å². The Kier molecular flexibility index (Phi) is 3.22. The molecule has 126 valence electrons. The number of aromatic nitrogens is 1. The highest BCUT2D eigenvalue weighted by atomic mass is 16.3. The van der Waals surface area contributed by atoms with Gasteiger partial charge in [0.25, 0.3) is 5.52 Å². The molecule has 2 aromatic heterocycles. The first kappa shape index (κ1) is 15.0. The van der Waals surface area contributed by atoms with Crippen LogP contribution in [-0.2, 0) is 7.05 Å². The molecular formula is C23H19N2O+. The van der Waals surface area contributed by atoms with Crippen molar-refractivity contribution in [2.45, 2.75) is 6.92 Å². The van der Waals surface area contributed by atoms with Gasteiger partial charge in [0.2, 0.25) is 11.1 Å². The molecule has 0 aliphatic heterocycles. The summed E-state index contributed by atoms with van der Waals surface area (Å²) in [5.74, 6) is 0. The van der Waals surface area contributed by atoms with Gasteiger partial charge in [-0.25, -0.2) is 0 Å². The van der Waals surface area contributed by atoms with Crippen molar-refractivity contribution in [3.05, 3.63) is 78.4 Å². The number of pyridine rings is 1. The molecule has 0 bridgehead atoms. The van der Waals surface area contributed by atoms with Gasteiger partial charge in [-0.15, -0.1) is 0 Å². The first-order valence-electron chi connectivity index (χ1n) is 8.78. The van der Waals surface area contributed by atoms with Gasteiger partial charge < -0.3 is 9.73 Å². The molecule has 1 N–H and O–H groups in total. The first-order valence-corrected chi connectivity index (χ1v) is 8.78. The zero-order chi connectivity index (χ0) is 17.7. The summed E-state index contributed by atoms with van der Waals surface area (Å²) in [4.78, 5) is 0. The average molecular weight is 339 g/mol. The summed E-state index contributed by atoms with van der Waals surface area (Å²) in [5, 5.41) is 5.87. The van der Waals surface area contributed by atoms with Crippen molar-refractivity contribution in [3.8, 4) is 0 Å². The molecule has 3 nitrogen and oxygen atoms in total. The number of anilines is 2. The Balaban J connectivity index is 1.89. The number of furan rings is 1. The standard InChI is InChI=1S/C23H18N2O/c1-15-11-13-16(14-12-15)24-21-17-7-3-5-9-19(17)25(2)22-18-8-4-6-10-20(18)26-23(21)22/h3-14H,1-2H3/p+1. The largest absolute Gasteiger partial charge is 0.447 e. The number of para-hydroxylation sites is 2. The van der Waals surface area contributed by atoms with Gasteiger partial charge in [-0.3, -0.25) is 0 Å². The Morgan fingerprint density at radius 2 is 1.50 bits per heavy atom. The highest BCUT2D eigenvalue weighted by molar-refractivity contribution is 6.11. The highest BCUT2D eigenvalue weighted by Crippen LogP contribution is 2.37. The Morgan fingerprint density at radius 3 is 2.31 bits per heavy atom. The molecule has 0 saturated heterocycles. The van der Waals surface area contributed by atoms with E-state index in [1.165, 1.54) is 11.1 Å². The van der Waals surface area contributed by atoms with Crippen LogP contribution in [0.4, 0.5) is 11.4 Å². The molecule has 0 saturated carbocycles. The van der Waals surface area contributed by atoms with Gasteiger partial charge in [-0.2, -0.15) is 4.57 Å². The topological polar surface area (TPSA) is 29.1 Å². The highest BCUT2D eigenvalue weighted by Gasteiger charge is 2.24. The van der Waals surface area contributed by atoms with Crippen LogP contribution in [0, 0.1) is 6.92 Å². The summed E-state index contributed by atoms with van der Waals surface area (Å²) in [5.41, 5.74) is 7.36. The first-order chi connectivity index (χ1) is 12.7. The van der Waals surface area contributed by atoms with Gasteiger partial charge >= 0.3 is 0 Å². The fourth-order valence-corrected chi connectivity index (χ4v) is 3.66. The molecule has 0 spiro atoms. The van der Waals surface area contributed by atoms with Crippen molar-refractivity contribution in [1.29, 1.82) is 0 Å². The number of hydrogen-bond acceptors (Lipinski definition) is 2. The third-order valence-electron chi connectivity index (χ3n) is 4.99. The fraction of sp³-hybridized carbons (Fsp3) is 0.0870. The Morgan fingerprint density at radius 1 is 0.808 bits per heavy atom. The second-order valence-electron chi connectivity index (χ2n) is 6.72. The molecule has 2 heterocycles. The normalized spacial score (nSPS) is 11.5. The third kappa shape index (κ3) is 2.17. The van der Waals surface area contributed by atoms with Gasteiger partial charge in [0.05, 0.1) is 10.8 Å². The number of aryl methyl sites for hydroxylation is 2. The van der Waals surface area contributed by atoms with Gasteiger partial charge in [0, 0.05) is 11.8 Å². The molecule has 0 aliphatic carbocycles. The quantitative estimate of drug-likeness (QED) is 0.423. The van der Waals surface area contributed by atoms with Crippen molar-refractivity contribution in [2.75, 3.05) is 5.32 Å². The molecule has 0 fully saturated rings. The van der Waals surface area contributed by atoms with Crippen molar-refractivity contribution in [2.24, 2.45) is 7.05 Å². The maximum atomic E-state index is 6.29. The summed E-state index contributed by atoms with van der Waals surface area (Å²) >= 11 is 0. The molecule has 0 radical (unpaired) electrons. The lowest BCUT2D eigenvalue weighted by Gasteiger charge is -2.10. The monoisotopic (exact) mass is 339 g/mol. The number of rotatable bonds is 2. The smallest absolute Gasteiger partial charge is 0.261 e. The minimum absolute atomic E-state index is 0.882. The zero-order valence-electron chi connectivity index (χ0n) is 14.8. The van der Waals surface area contributed by atoms with E-state index in [0.29, 0.717) is 0 Å². The van der Waals surface area contributed by atoms with Crippen LogP contribution in [0.3, 0.4) is 0 Å². The predicted molar refractivity (Wildman–Crippen MR) is 107 cm³/mol. The number of benzene rings is 3. The fourth-order valence-electron chi connectivity index (χ4n) is 3.66. The number of nitrogens with zero attached hydrogens (tertiary/aromatic N) is 1. The lowest BCUT2D eigenvalue weighted by molar-refractivity contribution is -0.616. The van der Waals surface area contributed by atoms with Crippen LogP contribution in [0.2, 0.25) is 0 Å². The van der Waals surface area contributed by atoms with E-state index in [4.69, 9.17) is 4.42 Å². The van der Waals surface area contributed by atoms with E-state index in [2.05, 4.69) is 84.5 Å². The molecule has 0 amide bonds. The third-order valence-corrected chi connectivity index (χ3v) is 4.99. The molecule has 3 aromatic carbocycles. The van der Waals surface area contributed by atoms with Crippen molar-refractivity contribution in [1.82, 2.24) is 0 Å². The molecule has 0 atom stereocenters. The summed E-state index contributed by atoms with van der Waals surface area (Å²) in [7, 11) is 2.10. The summed E-state index contributed by atoms with van der Waals surface area (Å²) in [6.07, 6.45) is 0. The lowest BCUT2D eigenvalue weighted by atomic mass is 10.1. The molecule has 0 unspecified atom stereocenters. The Hall–Kier alpha value is -3.33. The Bertz CT molecular complexity index is 1270. The van der Waals surface area contributed by atoms with E-state index in [1.54, 1.807) is 0 Å².